The maximum Gasteiger partial charge on any atom is 0.272 e. The van der Waals surface area contributed by atoms with E-state index in [4.69, 9.17) is 23.7 Å². The number of hydrogen-bond donors (Lipinski definition) is 1. The second-order valence-electron chi connectivity index (χ2n) is 11.7. The largest absolute Gasteiger partial charge is 0.497 e. The third-order valence-corrected chi connectivity index (χ3v) is 8.81. The van der Waals surface area contributed by atoms with Crippen molar-refractivity contribution >= 4 is 5.69 Å². The number of methoxy groups -OCH3 is 2. The number of benzene rings is 4. The molecule has 0 unspecified atom stereocenters. The number of nitro groups is 1. The van der Waals surface area contributed by atoms with Gasteiger partial charge in [0.2, 0.25) is 5.88 Å². The van der Waals surface area contributed by atoms with Crippen LogP contribution in [0.2, 0.25) is 0 Å². The average molecular weight is 663 g/mol. The molecule has 1 fully saturated rings. The molecule has 2 heterocycles. The quantitative estimate of drug-likeness (QED) is 0.0775. The molecule has 0 saturated carbocycles. The fourth-order valence-electron chi connectivity index (χ4n) is 6.29. The van der Waals surface area contributed by atoms with E-state index in [1.165, 1.54) is 6.07 Å². The third-order valence-electron chi connectivity index (χ3n) is 8.81. The molecule has 252 valence electrons. The van der Waals surface area contributed by atoms with E-state index in [-0.39, 0.29) is 18.9 Å². The molecule has 10 nitrogen and oxygen atoms in total. The van der Waals surface area contributed by atoms with Crippen molar-refractivity contribution in [2.45, 2.75) is 36.8 Å². The van der Waals surface area contributed by atoms with Crippen LogP contribution in [0.3, 0.4) is 0 Å². The number of rotatable bonds is 14. The van der Waals surface area contributed by atoms with E-state index >= 15 is 0 Å². The van der Waals surface area contributed by atoms with Crippen LogP contribution in [0.1, 0.15) is 40.3 Å². The Kier molecular flexibility index (Phi) is 10.5. The number of hydrogen-bond acceptors (Lipinski definition) is 9. The van der Waals surface area contributed by atoms with Crippen molar-refractivity contribution in [1.29, 1.82) is 0 Å². The summed E-state index contributed by atoms with van der Waals surface area (Å²) in [5.41, 5.74) is 2.88. The molecule has 0 radical (unpaired) electrons. The van der Waals surface area contributed by atoms with E-state index < -0.39 is 28.8 Å². The molecule has 1 aromatic heterocycles. The molecule has 1 aliphatic heterocycles. The second-order valence-corrected chi connectivity index (χ2v) is 11.7. The van der Waals surface area contributed by atoms with Crippen LogP contribution in [0.15, 0.2) is 121 Å². The van der Waals surface area contributed by atoms with Gasteiger partial charge in [0.05, 0.1) is 44.6 Å². The number of aromatic nitrogens is 1. The van der Waals surface area contributed by atoms with Crippen molar-refractivity contribution in [2.24, 2.45) is 0 Å². The van der Waals surface area contributed by atoms with Crippen molar-refractivity contribution in [3.05, 3.63) is 159 Å². The molecule has 49 heavy (non-hydrogen) atoms. The van der Waals surface area contributed by atoms with Gasteiger partial charge < -0.3 is 28.8 Å². The van der Waals surface area contributed by atoms with Crippen LogP contribution in [-0.2, 0) is 21.5 Å². The molecule has 0 aliphatic carbocycles. The smallest absolute Gasteiger partial charge is 0.272 e. The van der Waals surface area contributed by atoms with E-state index in [1.54, 1.807) is 44.7 Å². The SMILES string of the molecule is COc1ccc(C(OC[C@H]2O[C@@H](c3cccnc3OCCc3ccccc3[N+](=O)[O-])C[C@@H]2O)(c2ccccc2)c2ccc(OC)cc2)cc1. The molecule has 1 aliphatic rings. The van der Waals surface area contributed by atoms with E-state index in [1.807, 2.05) is 84.9 Å². The van der Waals surface area contributed by atoms with Crippen LogP contribution in [0.4, 0.5) is 5.69 Å². The summed E-state index contributed by atoms with van der Waals surface area (Å²) in [5, 5.41) is 22.7. The lowest BCUT2D eigenvalue weighted by Gasteiger charge is -2.37. The molecule has 1 saturated heterocycles. The van der Waals surface area contributed by atoms with Gasteiger partial charge in [-0.25, -0.2) is 4.98 Å². The van der Waals surface area contributed by atoms with Gasteiger partial charge in [0.25, 0.3) is 5.69 Å². The highest BCUT2D eigenvalue weighted by Crippen LogP contribution is 2.43. The van der Waals surface area contributed by atoms with Gasteiger partial charge in [-0.05, 0) is 53.1 Å². The molecular weight excluding hydrogens is 624 g/mol. The average Bonchev–Trinajstić information content (AvgIpc) is 3.52. The number of pyridine rings is 1. The Bertz CT molecular complexity index is 1790. The monoisotopic (exact) mass is 662 g/mol. The molecule has 0 bridgehead atoms. The van der Waals surface area contributed by atoms with Gasteiger partial charge in [-0.15, -0.1) is 0 Å². The minimum Gasteiger partial charge on any atom is -0.497 e. The van der Waals surface area contributed by atoms with Crippen LogP contribution in [0.5, 0.6) is 17.4 Å². The topological polar surface area (TPSA) is 122 Å². The van der Waals surface area contributed by atoms with Gasteiger partial charge in [-0.1, -0.05) is 72.8 Å². The zero-order chi connectivity index (χ0) is 34.2. The fraction of sp³-hybridized carbons (Fsp3) is 0.256. The first-order valence-corrected chi connectivity index (χ1v) is 16.0. The van der Waals surface area contributed by atoms with Crippen molar-refractivity contribution in [2.75, 3.05) is 27.4 Å². The number of aliphatic hydroxyl groups excluding tert-OH is 1. The molecular formula is C39H38N2O8. The fourth-order valence-corrected chi connectivity index (χ4v) is 6.29. The first kappa shape index (κ1) is 33.6. The Morgan fingerprint density at radius 1 is 0.837 bits per heavy atom. The zero-order valence-electron chi connectivity index (χ0n) is 27.3. The molecule has 5 aromatic rings. The summed E-state index contributed by atoms with van der Waals surface area (Å²) in [7, 11) is 3.26. The molecule has 0 amide bonds. The van der Waals surface area contributed by atoms with Crippen LogP contribution >= 0.6 is 0 Å². The number of nitrogens with zero attached hydrogens (tertiary/aromatic N) is 2. The first-order valence-electron chi connectivity index (χ1n) is 16.0. The summed E-state index contributed by atoms with van der Waals surface area (Å²) >= 11 is 0. The van der Waals surface area contributed by atoms with Gasteiger partial charge >= 0.3 is 0 Å². The number of ether oxygens (including phenoxy) is 5. The first-order chi connectivity index (χ1) is 23.9. The minimum absolute atomic E-state index is 0.0493. The van der Waals surface area contributed by atoms with Crippen molar-refractivity contribution in [1.82, 2.24) is 4.98 Å². The lowest BCUT2D eigenvalue weighted by Crippen LogP contribution is -2.38. The van der Waals surface area contributed by atoms with E-state index in [2.05, 4.69) is 4.98 Å². The molecule has 3 atom stereocenters. The molecule has 10 heteroatoms. The highest BCUT2D eigenvalue weighted by molar-refractivity contribution is 5.50. The number of aliphatic hydroxyl groups is 1. The lowest BCUT2D eigenvalue weighted by atomic mass is 9.80. The summed E-state index contributed by atoms with van der Waals surface area (Å²) in [6, 6.07) is 35.7. The van der Waals surface area contributed by atoms with Crippen LogP contribution in [-0.4, -0.2) is 54.7 Å². The molecule has 4 aromatic carbocycles. The predicted octanol–water partition coefficient (Wildman–Crippen LogP) is 6.83. The normalized spacial score (nSPS) is 17.4. The van der Waals surface area contributed by atoms with Crippen molar-refractivity contribution in [3.8, 4) is 17.4 Å². The Labute approximate surface area is 285 Å². The Morgan fingerprint density at radius 3 is 2.08 bits per heavy atom. The summed E-state index contributed by atoms with van der Waals surface area (Å²) in [6.07, 6.45) is 0.259. The van der Waals surface area contributed by atoms with Crippen LogP contribution < -0.4 is 14.2 Å². The third kappa shape index (κ3) is 7.26. The van der Waals surface area contributed by atoms with Gasteiger partial charge in [-0.3, -0.25) is 10.1 Å². The summed E-state index contributed by atoms with van der Waals surface area (Å²) in [4.78, 5) is 15.5. The second kappa shape index (κ2) is 15.3. The Morgan fingerprint density at radius 2 is 1.45 bits per heavy atom. The zero-order valence-corrected chi connectivity index (χ0v) is 27.3. The molecule has 0 spiro atoms. The number of para-hydroxylation sites is 1. The standard InChI is InChI=1S/C39H38N2O8/c1-45-31-18-14-29(15-19-31)39(28-10-4-3-5-11-28,30-16-20-32(46-2)21-17-30)48-26-37-35(42)25-36(49-37)33-12-8-23-40-38(33)47-24-22-27-9-6-7-13-34(27)41(43)44/h3-21,23,35-37,42H,22,24-26H2,1-2H3/t35-,36+,37+/m0/s1. The number of nitro benzene ring substituents is 1. The van der Waals surface area contributed by atoms with Gasteiger partial charge in [0.1, 0.15) is 23.2 Å². The van der Waals surface area contributed by atoms with Crippen LogP contribution in [0.25, 0.3) is 0 Å². The maximum absolute atomic E-state index is 11.4. The van der Waals surface area contributed by atoms with E-state index in [9.17, 15) is 15.2 Å². The minimum atomic E-state index is -1.07. The molecule has 1 N–H and O–H groups in total. The van der Waals surface area contributed by atoms with Crippen molar-refractivity contribution < 1.29 is 33.7 Å². The summed E-state index contributed by atoms with van der Waals surface area (Å²) in [5.74, 6) is 1.79. The van der Waals surface area contributed by atoms with E-state index in [0.717, 1.165) is 16.7 Å². The summed E-state index contributed by atoms with van der Waals surface area (Å²) in [6.45, 7) is 0.249. The maximum atomic E-state index is 11.4. The van der Waals surface area contributed by atoms with E-state index in [0.29, 0.717) is 41.3 Å². The van der Waals surface area contributed by atoms with Gasteiger partial charge in [0.15, 0.2) is 0 Å². The Hall–Kier alpha value is -5.29. The van der Waals surface area contributed by atoms with Crippen molar-refractivity contribution in [3.63, 3.8) is 0 Å². The van der Waals surface area contributed by atoms with Crippen LogP contribution in [0, 0.1) is 10.1 Å². The molecule has 6 rings (SSSR count). The highest BCUT2D eigenvalue weighted by Gasteiger charge is 2.42. The summed E-state index contributed by atoms with van der Waals surface area (Å²) < 4.78 is 30.4. The lowest BCUT2D eigenvalue weighted by molar-refractivity contribution is -0.385. The predicted molar refractivity (Wildman–Crippen MR) is 183 cm³/mol. The Balaban J connectivity index is 1.25. The highest BCUT2D eigenvalue weighted by atomic mass is 16.6. The van der Waals surface area contributed by atoms with Gasteiger partial charge in [0, 0.05) is 36.2 Å². The van der Waals surface area contributed by atoms with Gasteiger partial charge in [-0.2, -0.15) is 0 Å².